The third-order valence-corrected chi connectivity index (χ3v) is 4.03. The van der Waals surface area contributed by atoms with Crippen LogP contribution in [0.5, 0.6) is 23.0 Å². The van der Waals surface area contributed by atoms with Gasteiger partial charge in [-0.2, -0.15) is 0 Å². The van der Waals surface area contributed by atoms with Crippen LogP contribution in [0.1, 0.15) is 0 Å². The van der Waals surface area contributed by atoms with E-state index >= 15 is 0 Å². The second-order valence-electron chi connectivity index (χ2n) is 4.03. The van der Waals surface area contributed by atoms with E-state index in [4.69, 9.17) is 9.05 Å². The molecule has 0 aliphatic carbocycles. The van der Waals surface area contributed by atoms with Crippen molar-refractivity contribution in [3.05, 3.63) is 60.9 Å². The number of phenolic OH excluding ortho intramolecular Hbond substituents is 2. The molecule has 0 saturated carbocycles. The molecule has 20 heavy (non-hydrogen) atoms. The fourth-order valence-corrected chi connectivity index (χ4v) is 2.63. The maximum atomic E-state index is 10.3. The fourth-order valence-electron chi connectivity index (χ4n) is 1.47. The molecule has 106 valence electrons. The number of hydrogen-bond acceptors (Lipinski definition) is 5. The molecule has 0 radical (unpaired) electrons. The van der Waals surface area contributed by atoms with Gasteiger partial charge in [0.05, 0.1) is 0 Å². The van der Waals surface area contributed by atoms with Gasteiger partial charge in [0.15, 0.2) is 0 Å². The third-order valence-electron chi connectivity index (χ3n) is 2.46. The van der Waals surface area contributed by atoms with Gasteiger partial charge in [0, 0.05) is 0 Å². The Morgan fingerprint density at radius 1 is 0.800 bits per heavy atom. The summed E-state index contributed by atoms with van der Waals surface area (Å²) in [5.41, 5.74) is 0. The Hall–Kier alpha value is -2.23. The molecule has 0 spiro atoms. The first-order valence-electron chi connectivity index (χ1n) is 5.83. The Bertz CT molecular complexity index is 532. The number of benzene rings is 2. The van der Waals surface area contributed by atoms with Crippen LogP contribution >= 0.6 is 7.94 Å². The quantitative estimate of drug-likeness (QED) is 0.738. The molecule has 0 unspecified atom stereocenters. The molecule has 0 aromatic heterocycles. The molecular formula is C14H15O5P. The zero-order chi connectivity index (χ0) is 14.6. The van der Waals surface area contributed by atoms with E-state index in [1.807, 2.05) is 0 Å². The summed E-state index contributed by atoms with van der Waals surface area (Å²) in [6, 6.07) is 11.8. The Kier molecular flexibility index (Phi) is 4.13. The van der Waals surface area contributed by atoms with Crippen LogP contribution in [0.15, 0.2) is 60.9 Å². The van der Waals surface area contributed by atoms with Crippen LogP contribution in [0.2, 0.25) is 0 Å². The van der Waals surface area contributed by atoms with Crippen LogP contribution in [-0.4, -0.2) is 15.1 Å². The Morgan fingerprint density at radius 2 is 1.15 bits per heavy atom. The maximum absolute atomic E-state index is 10.3. The third kappa shape index (κ3) is 3.63. The second-order valence-corrected chi connectivity index (χ2v) is 6.10. The Morgan fingerprint density at radius 3 is 1.45 bits per heavy atom. The van der Waals surface area contributed by atoms with Crippen molar-refractivity contribution in [3.63, 3.8) is 0 Å². The van der Waals surface area contributed by atoms with E-state index in [1.165, 1.54) is 54.3 Å². The van der Waals surface area contributed by atoms with E-state index in [2.05, 4.69) is 6.58 Å². The average Bonchev–Trinajstić information content (AvgIpc) is 2.44. The summed E-state index contributed by atoms with van der Waals surface area (Å²) in [6.07, 6.45) is 0. The molecule has 0 saturated heterocycles. The van der Waals surface area contributed by atoms with Crippen LogP contribution in [0.3, 0.4) is 0 Å². The molecule has 0 aliphatic heterocycles. The van der Waals surface area contributed by atoms with E-state index in [0.717, 1.165) is 0 Å². The van der Waals surface area contributed by atoms with Crippen LogP contribution in [0.4, 0.5) is 0 Å². The summed E-state index contributed by atoms with van der Waals surface area (Å²) < 4.78 is 10.8. The number of aromatic hydroxyl groups is 2. The van der Waals surface area contributed by atoms with Crippen molar-refractivity contribution in [1.82, 2.24) is 0 Å². The van der Waals surface area contributed by atoms with Gasteiger partial charge in [0.1, 0.15) is 0 Å². The predicted molar refractivity (Wildman–Crippen MR) is 78.2 cm³/mol. The minimum absolute atomic E-state index is 0.0978. The van der Waals surface area contributed by atoms with E-state index in [-0.39, 0.29) is 11.5 Å². The number of rotatable bonds is 5. The molecule has 2 rings (SSSR count). The molecule has 5 nitrogen and oxygen atoms in total. The normalized spacial score (nSPS) is 11.7. The second kappa shape index (κ2) is 5.82. The average molecular weight is 294 g/mol. The van der Waals surface area contributed by atoms with Crippen LogP contribution in [0, 0.1) is 0 Å². The van der Waals surface area contributed by atoms with Gasteiger partial charge < -0.3 is 0 Å². The summed E-state index contributed by atoms with van der Waals surface area (Å²) in [7, 11) is -3.64. The monoisotopic (exact) mass is 294 g/mol. The van der Waals surface area contributed by atoms with Crippen molar-refractivity contribution in [2.24, 2.45) is 0 Å². The van der Waals surface area contributed by atoms with Gasteiger partial charge in [-0.1, -0.05) is 0 Å². The van der Waals surface area contributed by atoms with Crippen LogP contribution < -0.4 is 9.05 Å². The van der Waals surface area contributed by atoms with Crippen molar-refractivity contribution in [2.75, 3.05) is 0 Å². The first kappa shape index (κ1) is 14.2. The molecule has 6 heteroatoms. The molecule has 2 aromatic rings. The zero-order valence-corrected chi connectivity index (χ0v) is 11.6. The molecule has 0 bridgehead atoms. The summed E-state index contributed by atoms with van der Waals surface area (Å²) in [5, 5.41) is 18.4. The van der Waals surface area contributed by atoms with E-state index in [1.54, 1.807) is 0 Å². The molecule has 0 fully saturated rings. The van der Waals surface area contributed by atoms with Gasteiger partial charge in [-0.25, -0.2) is 0 Å². The van der Waals surface area contributed by atoms with Gasteiger partial charge in [-0.05, 0) is 0 Å². The van der Waals surface area contributed by atoms with Gasteiger partial charge in [0.25, 0.3) is 0 Å². The Balaban J connectivity index is 2.14. The summed E-state index contributed by atoms with van der Waals surface area (Å²) in [6.45, 7) is 3.52. The molecule has 3 N–H and O–H groups in total. The molecule has 0 heterocycles. The van der Waals surface area contributed by atoms with Crippen molar-refractivity contribution < 1.29 is 24.2 Å². The van der Waals surface area contributed by atoms with Crippen molar-refractivity contribution in [1.29, 1.82) is 0 Å². The molecule has 0 amide bonds. The number of phenols is 2. The van der Waals surface area contributed by atoms with Gasteiger partial charge in [-0.3, -0.25) is 0 Å². The molecule has 2 aromatic carbocycles. The van der Waals surface area contributed by atoms with Crippen molar-refractivity contribution in [3.8, 4) is 23.0 Å². The zero-order valence-electron chi connectivity index (χ0n) is 10.6. The van der Waals surface area contributed by atoms with Gasteiger partial charge >= 0.3 is 116 Å². The summed E-state index contributed by atoms with van der Waals surface area (Å²) in [4.78, 5) is 10.3. The van der Waals surface area contributed by atoms with Gasteiger partial charge in [-0.15, -0.1) is 0 Å². The standard InChI is InChI=1S/C14H15O5P/c1-2-20(17,18-13-7-3-11(15)4-8-13)19-14-9-5-12(16)6-10-14/h2-10,15-17,20H,1H2. The van der Waals surface area contributed by atoms with Gasteiger partial charge in [0.2, 0.25) is 0 Å². The summed E-state index contributed by atoms with van der Waals surface area (Å²) in [5.74, 6) is 2.14. The fraction of sp³-hybridized carbons (Fsp3) is 0. The Labute approximate surface area is 116 Å². The van der Waals surface area contributed by atoms with E-state index in [0.29, 0.717) is 11.5 Å². The first-order chi connectivity index (χ1) is 9.50. The summed E-state index contributed by atoms with van der Waals surface area (Å²) >= 11 is 0. The molecule has 0 aliphatic rings. The molecule has 0 atom stereocenters. The minimum atomic E-state index is -3.64. The van der Waals surface area contributed by atoms with Crippen molar-refractivity contribution >= 4 is 7.94 Å². The van der Waals surface area contributed by atoms with Crippen molar-refractivity contribution in [2.45, 2.75) is 0 Å². The SMILES string of the molecule is C=C[PH](O)(Oc1ccc(O)cc1)Oc1ccc(O)cc1. The van der Waals surface area contributed by atoms with Crippen LogP contribution in [-0.2, 0) is 0 Å². The number of hydrogen-bond donors (Lipinski definition) is 3. The van der Waals surface area contributed by atoms with E-state index in [9.17, 15) is 15.1 Å². The first-order valence-corrected chi connectivity index (χ1v) is 7.67. The van der Waals surface area contributed by atoms with Crippen LogP contribution in [0.25, 0.3) is 0 Å². The topological polar surface area (TPSA) is 79.2 Å². The predicted octanol–water partition coefficient (Wildman–Crippen LogP) is 3.19. The van der Waals surface area contributed by atoms with E-state index < -0.39 is 7.94 Å². The molecular weight excluding hydrogens is 279 g/mol.